The molecule has 0 aromatic carbocycles. The van der Waals surface area contributed by atoms with E-state index in [1.807, 2.05) is 5.32 Å². The van der Waals surface area contributed by atoms with E-state index in [1.54, 1.807) is 13.8 Å². The average molecular weight is 436 g/mol. The minimum absolute atomic E-state index is 0.219. The topological polar surface area (TPSA) is 208 Å². The Bertz CT molecular complexity index is 628. The van der Waals surface area contributed by atoms with Crippen molar-refractivity contribution in [3.63, 3.8) is 0 Å². The standard InChI is InChI=1S/C16H28N4O8S/c1-6(2)12(20-14(25)11(17)7(3)21)15(26)19-9(5-29)13(24)18-8(16(27)28)4-10(22)23/h6-9,11-12,21,29H,4-5,17H2,1-3H3,(H,18,24)(H,19,26)(H,20,25)(H,22,23)(H,27,28). The number of carbonyl (C=O) groups excluding carboxylic acids is 3. The van der Waals surface area contributed by atoms with Crippen LogP contribution in [0.2, 0.25) is 0 Å². The monoisotopic (exact) mass is 436 g/mol. The van der Waals surface area contributed by atoms with Crippen molar-refractivity contribution in [3.8, 4) is 0 Å². The minimum Gasteiger partial charge on any atom is -0.481 e. The summed E-state index contributed by atoms with van der Waals surface area (Å²) in [6.45, 7) is 4.56. The third kappa shape index (κ3) is 9.11. The number of hydrogen-bond acceptors (Lipinski definition) is 8. The number of rotatable bonds is 12. The number of nitrogens with two attached hydrogens (primary N) is 1. The number of carboxylic acids is 2. The molecular weight excluding hydrogens is 408 g/mol. The van der Waals surface area contributed by atoms with E-state index in [0.717, 1.165) is 0 Å². The van der Waals surface area contributed by atoms with Gasteiger partial charge in [-0.25, -0.2) is 4.79 Å². The predicted octanol–water partition coefficient (Wildman–Crippen LogP) is -2.71. The number of carboxylic acid groups (broad SMARTS) is 2. The minimum atomic E-state index is -1.69. The van der Waals surface area contributed by atoms with Gasteiger partial charge in [-0.2, -0.15) is 12.6 Å². The second kappa shape index (κ2) is 12.2. The summed E-state index contributed by atoms with van der Waals surface area (Å²) in [6.07, 6.45) is -2.00. The summed E-state index contributed by atoms with van der Waals surface area (Å²) >= 11 is 3.94. The SMILES string of the molecule is CC(C)C(NC(=O)C(N)C(C)O)C(=O)NC(CS)C(=O)NC(CC(=O)O)C(=O)O. The molecule has 0 fully saturated rings. The molecule has 0 saturated heterocycles. The summed E-state index contributed by atoms with van der Waals surface area (Å²) < 4.78 is 0. The number of nitrogens with one attached hydrogen (secondary N) is 3. The highest BCUT2D eigenvalue weighted by Crippen LogP contribution is 2.05. The fourth-order valence-corrected chi connectivity index (χ4v) is 2.36. The molecule has 0 aliphatic heterocycles. The van der Waals surface area contributed by atoms with Crippen molar-refractivity contribution < 1.29 is 39.3 Å². The molecule has 0 heterocycles. The fraction of sp³-hybridized carbons (Fsp3) is 0.688. The van der Waals surface area contributed by atoms with Gasteiger partial charge in [0.15, 0.2) is 0 Å². The van der Waals surface area contributed by atoms with E-state index in [4.69, 9.17) is 15.9 Å². The van der Waals surface area contributed by atoms with Crippen molar-refractivity contribution in [1.82, 2.24) is 16.0 Å². The van der Waals surface area contributed by atoms with Gasteiger partial charge >= 0.3 is 11.9 Å². The molecule has 0 aliphatic rings. The van der Waals surface area contributed by atoms with Crippen LogP contribution in [-0.4, -0.2) is 81.0 Å². The van der Waals surface area contributed by atoms with E-state index in [0.29, 0.717) is 0 Å². The lowest BCUT2D eigenvalue weighted by atomic mass is 10.0. The van der Waals surface area contributed by atoms with Crippen molar-refractivity contribution >= 4 is 42.3 Å². The Morgan fingerprint density at radius 1 is 0.897 bits per heavy atom. The zero-order chi connectivity index (χ0) is 22.9. The van der Waals surface area contributed by atoms with Crippen LogP contribution in [0.1, 0.15) is 27.2 Å². The predicted molar refractivity (Wildman–Crippen MR) is 104 cm³/mol. The molecule has 8 N–H and O–H groups in total. The molecule has 0 aliphatic carbocycles. The van der Waals surface area contributed by atoms with Crippen LogP contribution < -0.4 is 21.7 Å². The van der Waals surface area contributed by atoms with Gasteiger partial charge in [0, 0.05) is 5.75 Å². The molecule has 166 valence electrons. The Hall–Kier alpha value is -2.38. The first-order valence-corrected chi connectivity index (χ1v) is 9.35. The molecule has 5 unspecified atom stereocenters. The number of thiol groups is 1. The van der Waals surface area contributed by atoms with Crippen molar-refractivity contribution in [3.05, 3.63) is 0 Å². The third-order valence-electron chi connectivity index (χ3n) is 3.88. The number of aliphatic hydroxyl groups is 1. The maximum absolute atomic E-state index is 12.5. The number of amides is 3. The molecule has 5 atom stereocenters. The maximum Gasteiger partial charge on any atom is 0.326 e. The van der Waals surface area contributed by atoms with Crippen LogP contribution in [-0.2, 0) is 24.0 Å². The van der Waals surface area contributed by atoms with Crippen LogP contribution in [0.15, 0.2) is 0 Å². The van der Waals surface area contributed by atoms with E-state index in [2.05, 4.69) is 23.3 Å². The quantitative estimate of drug-likeness (QED) is 0.149. The van der Waals surface area contributed by atoms with Gasteiger partial charge in [-0.1, -0.05) is 13.8 Å². The number of aliphatic hydroxyl groups excluding tert-OH is 1. The largest absolute Gasteiger partial charge is 0.481 e. The van der Waals surface area contributed by atoms with Gasteiger partial charge in [-0.05, 0) is 12.8 Å². The summed E-state index contributed by atoms with van der Waals surface area (Å²) in [6, 6.07) is -5.34. The molecular formula is C16H28N4O8S. The molecule has 0 rings (SSSR count). The highest BCUT2D eigenvalue weighted by molar-refractivity contribution is 7.80. The van der Waals surface area contributed by atoms with Crippen LogP contribution in [0.5, 0.6) is 0 Å². The van der Waals surface area contributed by atoms with Crippen molar-refractivity contribution in [2.45, 2.75) is 57.5 Å². The van der Waals surface area contributed by atoms with Gasteiger partial charge in [-0.3, -0.25) is 19.2 Å². The third-order valence-corrected chi connectivity index (χ3v) is 4.24. The first-order chi connectivity index (χ1) is 13.3. The van der Waals surface area contributed by atoms with E-state index >= 15 is 0 Å². The Balaban J connectivity index is 5.20. The van der Waals surface area contributed by atoms with Crippen molar-refractivity contribution in [2.75, 3.05) is 5.75 Å². The van der Waals surface area contributed by atoms with E-state index < -0.39 is 72.3 Å². The molecule has 29 heavy (non-hydrogen) atoms. The molecule has 13 heteroatoms. The number of aliphatic carboxylic acids is 2. The van der Waals surface area contributed by atoms with Gasteiger partial charge in [0.05, 0.1) is 12.5 Å². The normalized spacial score (nSPS) is 16.1. The first kappa shape index (κ1) is 26.6. The zero-order valence-electron chi connectivity index (χ0n) is 16.3. The van der Waals surface area contributed by atoms with Crippen LogP contribution in [0, 0.1) is 5.92 Å². The second-order valence-corrected chi connectivity index (χ2v) is 7.10. The smallest absolute Gasteiger partial charge is 0.326 e. The Labute approximate surface area is 173 Å². The van der Waals surface area contributed by atoms with Crippen LogP contribution >= 0.6 is 12.6 Å². The number of carbonyl (C=O) groups is 5. The Morgan fingerprint density at radius 3 is 1.79 bits per heavy atom. The van der Waals surface area contributed by atoms with E-state index in [-0.39, 0.29) is 5.75 Å². The zero-order valence-corrected chi connectivity index (χ0v) is 17.2. The lowest BCUT2D eigenvalue weighted by molar-refractivity contribution is -0.147. The van der Waals surface area contributed by atoms with Gasteiger partial charge in [0.25, 0.3) is 0 Å². The van der Waals surface area contributed by atoms with Crippen LogP contribution in [0.25, 0.3) is 0 Å². The Morgan fingerprint density at radius 2 is 1.41 bits per heavy atom. The molecule has 0 bridgehead atoms. The maximum atomic E-state index is 12.5. The van der Waals surface area contributed by atoms with Gasteiger partial charge in [-0.15, -0.1) is 0 Å². The summed E-state index contributed by atoms with van der Waals surface area (Å²) in [4.78, 5) is 58.6. The molecule has 0 saturated carbocycles. The van der Waals surface area contributed by atoms with Crippen LogP contribution in [0.4, 0.5) is 0 Å². The second-order valence-electron chi connectivity index (χ2n) is 6.74. The van der Waals surface area contributed by atoms with Gasteiger partial charge < -0.3 is 37.0 Å². The lowest BCUT2D eigenvalue weighted by Gasteiger charge is -2.26. The van der Waals surface area contributed by atoms with Gasteiger partial charge in [0.1, 0.15) is 24.2 Å². The van der Waals surface area contributed by atoms with Crippen molar-refractivity contribution in [2.24, 2.45) is 11.7 Å². The molecule has 12 nitrogen and oxygen atoms in total. The van der Waals surface area contributed by atoms with E-state index in [1.165, 1.54) is 6.92 Å². The highest BCUT2D eigenvalue weighted by atomic mass is 32.1. The average Bonchev–Trinajstić information content (AvgIpc) is 2.61. The summed E-state index contributed by atoms with van der Waals surface area (Å²) in [5, 5.41) is 33.9. The van der Waals surface area contributed by atoms with E-state index in [9.17, 15) is 29.1 Å². The van der Waals surface area contributed by atoms with Gasteiger partial charge in [0.2, 0.25) is 17.7 Å². The molecule has 0 aromatic heterocycles. The van der Waals surface area contributed by atoms with Crippen molar-refractivity contribution in [1.29, 1.82) is 0 Å². The lowest BCUT2D eigenvalue weighted by Crippen LogP contribution is -2.59. The highest BCUT2D eigenvalue weighted by Gasteiger charge is 2.32. The molecule has 3 amide bonds. The summed E-state index contributed by atoms with van der Waals surface area (Å²) in [7, 11) is 0. The summed E-state index contributed by atoms with van der Waals surface area (Å²) in [5.41, 5.74) is 5.53. The molecule has 0 spiro atoms. The number of hydrogen-bond donors (Lipinski definition) is 8. The molecule has 0 aromatic rings. The molecule has 0 radical (unpaired) electrons. The summed E-state index contributed by atoms with van der Waals surface area (Å²) in [5.74, 6) is -6.09. The van der Waals surface area contributed by atoms with Crippen LogP contribution in [0.3, 0.4) is 0 Å². The first-order valence-electron chi connectivity index (χ1n) is 8.72. The Kier molecular flexibility index (Phi) is 11.2. The fourth-order valence-electron chi connectivity index (χ4n) is 2.11.